The minimum absolute atomic E-state index is 0.0793. The summed E-state index contributed by atoms with van der Waals surface area (Å²) in [5.74, 6) is 0.504. The maximum atomic E-state index is 7.93. The summed E-state index contributed by atoms with van der Waals surface area (Å²) in [4.78, 5) is 15.5. The number of hydrogen-bond acceptors (Lipinski definition) is 5. The second kappa shape index (κ2) is 6.54. The van der Waals surface area contributed by atoms with Crippen LogP contribution in [-0.4, -0.2) is 25.6 Å². The minimum atomic E-state index is 0.0793. The lowest BCUT2D eigenvalue weighted by molar-refractivity contribution is 0.858. The summed E-state index contributed by atoms with van der Waals surface area (Å²) >= 11 is 11.4. The van der Waals surface area contributed by atoms with Gasteiger partial charge in [-0.3, -0.25) is 4.98 Å². The van der Waals surface area contributed by atoms with Gasteiger partial charge >= 0.3 is 0 Å². The van der Waals surface area contributed by atoms with Gasteiger partial charge < -0.3 is 5.41 Å². The van der Waals surface area contributed by atoms with E-state index in [1.54, 1.807) is 12.4 Å². The first-order valence-electron chi connectivity index (χ1n) is 5.64. The van der Waals surface area contributed by atoms with Crippen molar-refractivity contribution in [2.75, 3.05) is 0 Å². The van der Waals surface area contributed by atoms with Crippen LogP contribution < -0.4 is 0 Å². The molecule has 0 aliphatic rings. The zero-order valence-corrected chi connectivity index (χ0v) is 11.5. The zero-order valence-electron chi connectivity index (χ0n) is 9.98. The highest BCUT2D eigenvalue weighted by atomic mass is 35.5. The molecule has 7 heteroatoms. The molecule has 2 rings (SSSR count). The molecule has 0 aliphatic carbocycles. The van der Waals surface area contributed by atoms with Gasteiger partial charge in [-0.25, -0.2) is 9.97 Å². The van der Waals surface area contributed by atoms with Crippen molar-refractivity contribution in [2.24, 2.45) is 0 Å². The van der Waals surface area contributed by atoms with Crippen LogP contribution in [0.5, 0.6) is 0 Å². The first-order chi connectivity index (χ1) is 9.13. The molecule has 0 atom stereocenters. The molecule has 0 aromatic carbocycles. The summed E-state index contributed by atoms with van der Waals surface area (Å²) in [6.07, 6.45) is 5.10. The monoisotopic (exact) mass is 295 g/mol. The van der Waals surface area contributed by atoms with Crippen molar-refractivity contribution in [2.45, 2.75) is 19.3 Å². The Kier molecular flexibility index (Phi) is 4.76. The molecule has 0 radical (unpaired) electrons. The number of nitrogens with zero attached hydrogens (tertiary/aromatic N) is 4. The summed E-state index contributed by atoms with van der Waals surface area (Å²) in [5, 5.41) is 8.08. The van der Waals surface area contributed by atoms with E-state index in [4.69, 9.17) is 28.6 Å². The highest BCUT2D eigenvalue weighted by molar-refractivity contribution is 6.30. The van der Waals surface area contributed by atoms with Gasteiger partial charge in [0.05, 0.1) is 0 Å². The molecule has 98 valence electrons. The Labute approximate surface area is 120 Å². The third kappa shape index (κ3) is 4.54. The number of aryl methyl sites for hydroxylation is 1. The van der Waals surface area contributed by atoms with E-state index in [1.165, 1.54) is 0 Å². The first kappa shape index (κ1) is 13.8. The van der Waals surface area contributed by atoms with Gasteiger partial charge in [-0.15, -0.1) is 0 Å². The Hall–Kier alpha value is -1.59. The predicted octanol–water partition coefficient (Wildman–Crippen LogP) is 2.77. The normalized spacial score (nSPS) is 10.4. The fraction of sp³-hybridized carbons (Fsp3) is 0.250. The summed E-state index contributed by atoms with van der Waals surface area (Å²) in [7, 11) is 0. The van der Waals surface area contributed by atoms with Gasteiger partial charge in [0.1, 0.15) is 5.82 Å². The van der Waals surface area contributed by atoms with Gasteiger partial charge in [0.2, 0.25) is 10.6 Å². The Balaban J connectivity index is 1.90. The van der Waals surface area contributed by atoms with E-state index in [0.29, 0.717) is 30.8 Å². The van der Waals surface area contributed by atoms with Crippen molar-refractivity contribution >= 4 is 28.9 Å². The average molecular weight is 296 g/mol. The van der Waals surface area contributed by atoms with E-state index in [9.17, 15) is 0 Å². The number of rotatable bonds is 5. The largest absolute Gasteiger partial charge is 0.309 e. The maximum absolute atomic E-state index is 7.93. The number of pyridine rings is 1. The van der Waals surface area contributed by atoms with Crippen LogP contribution >= 0.6 is 23.2 Å². The van der Waals surface area contributed by atoms with Gasteiger partial charge in [0, 0.05) is 30.9 Å². The summed E-state index contributed by atoms with van der Waals surface area (Å²) in [6, 6.07) is 3.79. The Morgan fingerprint density at radius 1 is 1.05 bits per heavy atom. The lowest BCUT2D eigenvalue weighted by Crippen LogP contribution is -2.06. The lowest BCUT2D eigenvalue weighted by Gasteiger charge is -2.04. The molecule has 1 N–H and O–H groups in total. The lowest BCUT2D eigenvalue weighted by atomic mass is 10.1. The molecule has 0 bridgehead atoms. The molecule has 0 saturated heterocycles. The second-order valence-electron chi connectivity index (χ2n) is 3.93. The molecule has 0 aliphatic heterocycles. The van der Waals surface area contributed by atoms with E-state index in [2.05, 4.69) is 19.9 Å². The van der Waals surface area contributed by atoms with Gasteiger partial charge in [-0.2, -0.15) is 4.98 Å². The molecule has 2 heterocycles. The van der Waals surface area contributed by atoms with E-state index in [-0.39, 0.29) is 10.6 Å². The molecule has 0 amide bonds. The molecule has 2 aromatic heterocycles. The number of hydrogen-bond donors (Lipinski definition) is 1. The van der Waals surface area contributed by atoms with Crippen LogP contribution in [-0.2, 0) is 12.8 Å². The summed E-state index contributed by atoms with van der Waals surface area (Å²) in [6.45, 7) is 0. The van der Waals surface area contributed by atoms with Crippen LogP contribution in [0.4, 0.5) is 0 Å². The molecule has 0 spiro atoms. The van der Waals surface area contributed by atoms with E-state index >= 15 is 0 Å². The van der Waals surface area contributed by atoms with Gasteiger partial charge in [-0.05, 0) is 47.3 Å². The molecule has 0 unspecified atom stereocenters. The molecular formula is C12H11Cl2N5. The predicted molar refractivity (Wildman–Crippen MR) is 73.8 cm³/mol. The topological polar surface area (TPSA) is 75.4 Å². The fourth-order valence-corrected chi connectivity index (χ4v) is 1.97. The van der Waals surface area contributed by atoms with Crippen molar-refractivity contribution in [3.8, 4) is 0 Å². The van der Waals surface area contributed by atoms with Crippen LogP contribution in [0, 0.1) is 5.41 Å². The quantitative estimate of drug-likeness (QED) is 0.861. The molecule has 5 nitrogen and oxygen atoms in total. The molecular weight excluding hydrogens is 285 g/mol. The highest BCUT2D eigenvalue weighted by Crippen LogP contribution is 2.09. The number of aromatic nitrogens is 4. The highest BCUT2D eigenvalue weighted by Gasteiger charge is 2.06. The van der Waals surface area contributed by atoms with Crippen molar-refractivity contribution in [3.05, 3.63) is 46.5 Å². The Morgan fingerprint density at radius 2 is 1.68 bits per heavy atom. The minimum Gasteiger partial charge on any atom is -0.309 e. The van der Waals surface area contributed by atoms with Crippen molar-refractivity contribution in [1.29, 1.82) is 5.41 Å². The van der Waals surface area contributed by atoms with E-state index < -0.39 is 0 Å². The third-order valence-corrected chi connectivity index (χ3v) is 2.78. The molecule has 19 heavy (non-hydrogen) atoms. The summed E-state index contributed by atoms with van der Waals surface area (Å²) < 4.78 is 0. The van der Waals surface area contributed by atoms with Crippen molar-refractivity contribution < 1.29 is 0 Å². The van der Waals surface area contributed by atoms with Gasteiger partial charge in [0.25, 0.3) is 0 Å². The van der Waals surface area contributed by atoms with Gasteiger partial charge in [0.15, 0.2) is 0 Å². The second-order valence-corrected chi connectivity index (χ2v) is 4.60. The first-order valence-corrected chi connectivity index (χ1v) is 6.40. The van der Waals surface area contributed by atoms with Crippen LogP contribution in [0.1, 0.15) is 17.8 Å². The van der Waals surface area contributed by atoms with Gasteiger partial charge in [-0.1, -0.05) is 0 Å². The maximum Gasteiger partial charge on any atom is 0.226 e. The van der Waals surface area contributed by atoms with Crippen LogP contribution in [0.25, 0.3) is 0 Å². The SMILES string of the molecule is N=C(CCc1nc(Cl)nc(Cl)n1)Cc1ccncc1. The fourth-order valence-electron chi connectivity index (χ4n) is 1.57. The Bertz CT molecular complexity index is 553. The standard InChI is InChI=1S/C12H11Cl2N5/c13-11-17-10(18-12(14)19-11)2-1-9(15)7-8-3-5-16-6-4-8/h3-6,15H,1-2,7H2. The average Bonchev–Trinajstić information content (AvgIpc) is 2.36. The smallest absolute Gasteiger partial charge is 0.226 e. The summed E-state index contributed by atoms with van der Waals surface area (Å²) in [5.41, 5.74) is 1.66. The third-order valence-electron chi connectivity index (χ3n) is 2.44. The Morgan fingerprint density at radius 3 is 2.32 bits per heavy atom. The molecule has 2 aromatic rings. The molecule has 0 fully saturated rings. The van der Waals surface area contributed by atoms with Crippen LogP contribution in [0.2, 0.25) is 10.6 Å². The zero-order chi connectivity index (χ0) is 13.7. The van der Waals surface area contributed by atoms with Crippen LogP contribution in [0.15, 0.2) is 24.5 Å². The van der Waals surface area contributed by atoms with E-state index in [0.717, 1.165) is 5.56 Å². The number of halogens is 2. The van der Waals surface area contributed by atoms with Crippen molar-refractivity contribution in [3.63, 3.8) is 0 Å². The number of nitrogens with one attached hydrogen (secondary N) is 1. The van der Waals surface area contributed by atoms with Crippen LogP contribution in [0.3, 0.4) is 0 Å². The molecule has 0 saturated carbocycles. The van der Waals surface area contributed by atoms with E-state index in [1.807, 2.05) is 12.1 Å². The van der Waals surface area contributed by atoms with Crippen molar-refractivity contribution in [1.82, 2.24) is 19.9 Å².